The van der Waals surface area contributed by atoms with Gasteiger partial charge in [0, 0.05) is 43.0 Å². The number of amides is 1. The van der Waals surface area contributed by atoms with Crippen LogP contribution in [0.3, 0.4) is 0 Å². The van der Waals surface area contributed by atoms with E-state index in [0.29, 0.717) is 23.1 Å². The quantitative estimate of drug-likeness (QED) is 0.618. The van der Waals surface area contributed by atoms with E-state index in [1.807, 2.05) is 0 Å². The Bertz CT molecular complexity index is 1250. The van der Waals surface area contributed by atoms with Gasteiger partial charge in [0.1, 0.15) is 5.82 Å². The van der Waals surface area contributed by atoms with Crippen LogP contribution >= 0.6 is 0 Å². The Kier molecular flexibility index (Phi) is 5.08. The van der Waals surface area contributed by atoms with Crippen molar-refractivity contribution in [2.75, 3.05) is 25.5 Å². The van der Waals surface area contributed by atoms with Gasteiger partial charge in [0.05, 0.1) is 22.9 Å². The first-order valence-corrected chi connectivity index (χ1v) is 12.3. The van der Waals surface area contributed by atoms with Crippen LogP contribution in [0.1, 0.15) is 66.2 Å². The maximum atomic E-state index is 14.7. The number of aromatic nitrogens is 1. The van der Waals surface area contributed by atoms with Gasteiger partial charge in [0.25, 0.3) is 17.9 Å². The standard InChI is InChI=1S/C26H29F3N4O2/c1-13(14-4-3-5-15(22(14)27)24(28)29)30-25(35)18-12-33(20-9-26(20)6-7-26)21(34)8-19(18)31-23-16-10-32(2)11-17(16)23/h3-5,8,12-13,16-17,20,23-24,31H,6-7,9-11H2,1-2H3,(H,30,35)/t13-,16-,17+,20-,23-/m1/s1. The van der Waals surface area contributed by atoms with Crippen molar-refractivity contribution in [2.45, 2.75) is 50.7 Å². The van der Waals surface area contributed by atoms with Gasteiger partial charge in [-0.1, -0.05) is 18.2 Å². The third kappa shape index (κ3) is 3.84. The van der Waals surface area contributed by atoms with E-state index in [4.69, 9.17) is 0 Å². The molecule has 1 amide bonds. The van der Waals surface area contributed by atoms with Crippen molar-refractivity contribution in [2.24, 2.45) is 17.3 Å². The normalized spacial score (nSPS) is 28.6. The third-order valence-electron chi connectivity index (χ3n) is 8.51. The van der Waals surface area contributed by atoms with Gasteiger partial charge in [-0.05, 0) is 50.5 Å². The zero-order valence-corrected chi connectivity index (χ0v) is 19.7. The van der Waals surface area contributed by atoms with Crippen LogP contribution in [0.5, 0.6) is 0 Å². The van der Waals surface area contributed by atoms with Crippen LogP contribution in [-0.2, 0) is 0 Å². The number of carbonyl (C=O) groups excluding carboxylic acids is 1. The van der Waals surface area contributed by atoms with Crippen LogP contribution in [0.25, 0.3) is 0 Å². The molecule has 3 saturated carbocycles. The number of fused-ring (bicyclic) bond motifs is 1. The summed E-state index contributed by atoms with van der Waals surface area (Å²) in [7, 11) is 2.08. The van der Waals surface area contributed by atoms with Crippen LogP contribution in [0.4, 0.5) is 18.9 Å². The predicted molar refractivity (Wildman–Crippen MR) is 125 cm³/mol. The lowest BCUT2D eigenvalue weighted by molar-refractivity contribution is 0.0939. The number of alkyl halides is 2. The van der Waals surface area contributed by atoms with Crippen molar-refractivity contribution in [1.29, 1.82) is 0 Å². The summed E-state index contributed by atoms with van der Waals surface area (Å²) in [6, 6.07) is 4.80. The molecule has 1 aromatic heterocycles. The number of piperidine rings is 1. The average molecular weight is 487 g/mol. The fourth-order valence-corrected chi connectivity index (χ4v) is 6.06. The number of halogens is 3. The molecule has 1 spiro atoms. The lowest BCUT2D eigenvalue weighted by Crippen LogP contribution is -2.32. The maximum absolute atomic E-state index is 14.7. The minimum atomic E-state index is -2.94. The number of hydrogen-bond acceptors (Lipinski definition) is 4. The second kappa shape index (κ2) is 7.85. The molecule has 6 nitrogen and oxygen atoms in total. The van der Waals surface area contributed by atoms with Gasteiger partial charge in [-0.3, -0.25) is 9.59 Å². The predicted octanol–water partition coefficient (Wildman–Crippen LogP) is 4.11. The van der Waals surface area contributed by atoms with E-state index in [9.17, 15) is 22.8 Å². The van der Waals surface area contributed by atoms with Crippen molar-refractivity contribution in [1.82, 2.24) is 14.8 Å². The highest BCUT2D eigenvalue weighted by atomic mass is 19.3. The highest BCUT2D eigenvalue weighted by Gasteiger charge is 2.64. The first-order chi connectivity index (χ1) is 16.7. The number of rotatable bonds is 7. The van der Waals surface area contributed by atoms with E-state index in [-0.39, 0.29) is 28.6 Å². The summed E-state index contributed by atoms with van der Waals surface area (Å²) in [4.78, 5) is 28.7. The zero-order chi connectivity index (χ0) is 24.6. The van der Waals surface area contributed by atoms with Crippen molar-refractivity contribution in [3.05, 3.63) is 63.3 Å². The van der Waals surface area contributed by atoms with Gasteiger partial charge in [-0.15, -0.1) is 0 Å². The molecule has 0 bridgehead atoms. The molecule has 0 radical (unpaired) electrons. The minimum absolute atomic E-state index is 0.00197. The molecule has 1 saturated heterocycles. The summed E-state index contributed by atoms with van der Waals surface area (Å²) in [5, 5.41) is 6.19. The molecule has 2 heterocycles. The molecule has 6 rings (SSSR count). The highest BCUT2D eigenvalue weighted by molar-refractivity contribution is 5.99. The number of carbonyl (C=O) groups is 1. The smallest absolute Gasteiger partial charge is 0.266 e. The Morgan fingerprint density at radius 2 is 1.86 bits per heavy atom. The maximum Gasteiger partial charge on any atom is 0.266 e. The minimum Gasteiger partial charge on any atom is -0.381 e. The third-order valence-corrected chi connectivity index (χ3v) is 8.51. The molecule has 4 fully saturated rings. The van der Waals surface area contributed by atoms with Crippen LogP contribution in [0.2, 0.25) is 0 Å². The van der Waals surface area contributed by atoms with E-state index in [1.54, 1.807) is 17.7 Å². The van der Waals surface area contributed by atoms with E-state index in [1.165, 1.54) is 18.2 Å². The van der Waals surface area contributed by atoms with Crippen molar-refractivity contribution >= 4 is 11.6 Å². The molecule has 186 valence electrons. The Hall–Kier alpha value is -2.81. The fraction of sp³-hybridized carbons (Fsp3) is 0.538. The lowest BCUT2D eigenvalue weighted by atomic mass is 10.0. The summed E-state index contributed by atoms with van der Waals surface area (Å²) in [6.07, 6.45) is 1.83. The largest absolute Gasteiger partial charge is 0.381 e. The molecule has 3 aliphatic carbocycles. The summed E-state index contributed by atoms with van der Waals surface area (Å²) in [5.41, 5.74) is 0.195. The van der Waals surface area contributed by atoms with Crippen LogP contribution < -0.4 is 16.2 Å². The summed E-state index contributed by atoms with van der Waals surface area (Å²) in [6.45, 7) is 3.51. The van der Waals surface area contributed by atoms with Crippen molar-refractivity contribution in [3.8, 4) is 0 Å². The SMILES string of the molecule is C[C@@H](NC(=O)c1cn([C@@H]2CC23CC3)c(=O)cc1N[C@@H]1[C@@H]2CN(C)C[C@@H]21)c1cccc(C(F)F)c1F. The van der Waals surface area contributed by atoms with E-state index in [2.05, 4.69) is 22.6 Å². The van der Waals surface area contributed by atoms with Gasteiger partial charge in [-0.2, -0.15) is 0 Å². The second-order valence-corrected chi connectivity index (χ2v) is 10.9. The van der Waals surface area contributed by atoms with Gasteiger partial charge < -0.3 is 20.1 Å². The summed E-state index contributed by atoms with van der Waals surface area (Å²) < 4.78 is 42.7. The summed E-state index contributed by atoms with van der Waals surface area (Å²) >= 11 is 0. The van der Waals surface area contributed by atoms with Crippen molar-refractivity contribution < 1.29 is 18.0 Å². The van der Waals surface area contributed by atoms with E-state index < -0.39 is 29.8 Å². The molecule has 5 atom stereocenters. The van der Waals surface area contributed by atoms with Crippen molar-refractivity contribution in [3.63, 3.8) is 0 Å². The Morgan fingerprint density at radius 3 is 2.49 bits per heavy atom. The summed E-state index contributed by atoms with van der Waals surface area (Å²) in [5.74, 6) is -0.505. The van der Waals surface area contributed by atoms with Crippen LogP contribution in [0, 0.1) is 23.1 Å². The van der Waals surface area contributed by atoms with Crippen LogP contribution in [0.15, 0.2) is 35.3 Å². The van der Waals surface area contributed by atoms with Gasteiger partial charge >= 0.3 is 0 Å². The first kappa shape index (κ1) is 22.6. The van der Waals surface area contributed by atoms with Gasteiger partial charge in [0.2, 0.25) is 0 Å². The monoisotopic (exact) mass is 486 g/mol. The molecule has 1 aliphatic heterocycles. The van der Waals surface area contributed by atoms with E-state index >= 15 is 0 Å². The van der Waals surface area contributed by atoms with E-state index in [0.717, 1.165) is 38.4 Å². The fourth-order valence-electron chi connectivity index (χ4n) is 6.06. The Morgan fingerprint density at radius 1 is 1.17 bits per heavy atom. The zero-order valence-electron chi connectivity index (χ0n) is 19.7. The number of likely N-dealkylation sites (tertiary alicyclic amines) is 1. The lowest BCUT2D eigenvalue weighted by Gasteiger charge is -2.20. The number of nitrogens with zero attached hydrogens (tertiary/aromatic N) is 2. The molecule has 35 heavy (non-hydrogen) atoms. The number of anilines is 1. The molecule has 2 N–H and O–H groups in total. The molecular formula is C26H29F3N4O2. The first-order valence-electron chi connectivity index (χ1n) is 12.3. The molecule has 0 unspecified atom stereocenters. The molecule has 4 aliphatic rings. The number of nitrogens with one attached hydrogen (secondary N) is 2. The molecule has 9 heteroatoms. The second-order valence-electron chi connectivity index (χ2n) is 10.9. The number of hydrogen-bond donors (Lipinski definition) is 2. The number of benzene rings is 1. The van der Waals surface area contributed by atoms with Gasteiger partial charge in [-0.25, -0.2) is 13.2 Å². The topological polar surface area (TPSA) is 66.4 Å². The number of pyridine rings is 1. The Balaban J connectivity index is 1.28. The average Bonchev–Trinajstić information content (AvgIpc) is 3.76. The molecule has 1 aromatic carbocycles. The molecule has 2 aromatic rings. The molecular weight excluding hydrogens is 457 g/mol. The van der Waals surface area contributed by atoms with Gasteiger partial charge in [0.15, 0.2) is 0 Å². The Labute approximate surface area is 201 Å². The van der Waals surface area contributed by atoms with Crippen LogP contribution in [-0.4, -0.2) is 41.6 Å². The highest BCUT2D eigenvalue weighted by Crippen LogP contribution is 2.72.